The maximum Gasteiger partial charge on any atom is 0.234 e. The Morgan fingerprint density at radius 1 is 1.10 bits per heavy atom. The Morgan fingerprint density at radius 3 is 2.38 bits per heavy atom. The molecule has 0 radical (unpaired) electrons. The van der Waals surface area contributed by atoms with Crippen LogP contribution in [0.4, 0.5) is 0 Å². The molecule has 170 valence electrons. The first-order valence-corrected chi connectivity index (χ1v) is 11.2. The zero-order chi connectivity index (χ0) is 20.5. The Hall–Kier alpha value is -0.610. The van der Waals surface area contributed by atoms with Gasteiger partial charge in [0, 0.05) is 51.4 Å². The lowest BCUT2D eigenvalue weighted by molar-refractivity contribution is -0.123. The van der Waals surface area contributed by atoms with Gasteiger partial charge in [0.2, 0.25) is 5.91 Å². The van der Waals surface area contributed by atoms with Gasteiger partial charge in [-0.3, -0.25) is 19.6 Å². The Morgan fingerprint density at radius 2 is 1.79 bits per heavy atom. The van der Waals surface area contributed by atoms with E-state index in [2.05, 4.69) is 46.1 Å². The van der Waals surface area contributed by atoms with Gasteiger partial charge in [0.25, 0.3) is 0 Å². The van der Waals surface area contributed by atoms with E-state index in [1.165, 1.54) is 25.9 Å². The average molecular weight is 523 g/mol. The van der Waals surface area contributed by atoms with Crippen LogP contribution in [-0.4, -0.2) is 97.6 Å². The first-order chi connectivity index (χ1) is 13.4. The lowest BCUT2D eigenvalue weighted by atomic mass is 10.2. The van der Waals surface area contributed by atoms with Crippen LogP contribution in [-0.2, 0) is 4.79 Å². The molecule has 2 aliphatic rings. The summed E-state index contributed by atoms with van der Waals surface area (Å²) in [5.74, 6) is 1.86. The van der Waals surface area contributed by atoms with E-state index in [1.807, 2.05) is 13.8 Å². The van der Waals surface area contributed by atoms with E-state index < -0.39 is 0 Å². The lowest BCUT2D eigenvalue weighted by Crippen LogP contribution is -2.54. The van der Waals surface area contributed by atoms with Crippen LogP contribution in [0.3, 0.4) is 0 Å². The van der Waals surface area contributed by atoms with Gasteiger partial charge in [0.15, 0.2) is 5.96 Å². The number of halogens is 1. The van der Waals surface area contributed by atoms with Crippen LogP contribution < -0.4 is 10.6 Å². The average Bonchev–Trinajstić information content (AvgIpc) is 3.05. The van der Waals surface area contributed by atoms with Gasteiger partial charge in [0.1, 0.15) is 0 Å². The zero-order valence-electron chi connectivity index (χ0n) is 19.1. The maximum atomic E-state index is 12.0. The molecule has 2 rings (SSSR count). The van der Waals surface area contributed by atoms with Crippen LogP contribution in [0, 0.1) is 5.92 Å². The number of guanidine groups is 1. The number of likely N-dealkylation sites (tertiary alicyclic amines) is 1. The van der Waals surface area contributed by atoms with Crippen LogP contribution >= 0.6 is 24.0 Å². The number of amides is 1. The molecule has 0 aromatic rings. The van der Waals surface area contributed by atoms with Crippen molar-refractivity contribution < 1.29 is 4.79 Å². The highest BCUT2D eigenvalue weighted by molar-refractivity contribution is 14.0. The van der Waals surface area contributed by atoms with Gasteiger partial charge in [-0.15, -0.1) is 24.0 Å². The van der Waals surface area contributed by atoms with Crippen molar-refractivity contribution in [1.82, 2.24) is 25.3 Å². The number of hydrogen-bond acceptors (Lipinski definition) is 4. The van der Waals surface area contributed by atoms with Crippen molar-refractivity contribution in [2.45, 2.75) is 59.5 Å². The third-order valence-electron chi connectivity index (χ3n) is 5.37. The molecule has 2 heterocycles. The van der Waals surface area contributed by atoms with E-state index in [0.29, 0.717) is 18.5 Å². The highest BCUT2D eigenvalue weighted by Crippen LogP contribution is 2.19. The summed E-state index contributed by atoms with van der Waals surface area (Å²) in [6, 6.07) is 0.782. The summed E-state index contributed by atoms with van der Waals surface area (Å²) >= 11 is 0. The van der Waals surface area contributed by atoms with Gasteiger partial charge in [-0.1, -0.05) is 13.8 Å². The Kier molecular flexibility index (Phi) is 12.4. The van der Waals surface area contributed by atoms with E-state index in [1.54, 1.807) is 0 Å². The number of carbonyl (C=O) groups excluding carboxylic acids is 1. The van der Waals surface area contributed by atoms with Crippen molar-refractivity contribution in [1.29, 1.82) is 0 Å². The van der Waals surface area contributed by atoms with Crippen molar-refractivity contribution in [3.8, 4) is 0 Å². The van der Waals surface area contributed by atoms with Gasteiger partial charge in [-0.05, 0) is 46.1 Å². The number of nitrogens with one attached hydrogen (secondary N) is 2. The highest BCUT2D eigenvalue weighted by Gasteiger charge is 2.26. The molecule has 0 aromatic carbocycles. The number of nitrogens with zero attached hydrogens (tertiary/aromatic N) is 4. The van der Waals surface area contributed by atoms with Crippen LogP contribution in [0.15, 0.2) is 4.99 Å². The minimum Gasteiger partial charge on any atom is -0.357 e. The zero-order valence-corrected chi connectivity index (χ0v) is 21.4. The summed E-state index contributed by atoms with van der Waals surface area (Å²) in [5, 5.41) is 6.45. The van der Waals surface area contributed by atoms with Crippen molar-refractivity contribution in [2.75, 3.05) is 58.9 Å². The minimum atomic E-state index is 0. The fourth-order valence-electron chi connectivity index (χ4n) is 4.12. The van der Waals surface area contributed by atoms with Crippen LogP contribution in [0.25, 0.3) is 0 Å². The van der Waals surface area contributed by atoms with Crippen molar-refractivity contribution in [2.24, 2.45) is 10.9 Å². The number of piperazine rings is 1. The normalized spacial score (nSPS) is 21.6. The third-order valence-corrected chi connectivity index (χ3v) is 5.37. The smallest absolute Gasteiger partial charge is 0.234 e. The summed E-state index contributed by atoms with van der Waals surface area (Å²) in [6.45, 7) is 19.0. The topological polar surface area (TPSA) is 63.2 Å². The SMILES string of the molecule is CCNC(=NC[C@H]1CCCN1CC(C)C)N1CCN(CC(=O)NC(C)C)CC1.I. The summed E-state index contributed by atoms with van der Waals surface area (Å²) in [6.07, 6.45) is 2.55. The molecule has 1 atom stereocenters. The molecular formula is C21H43IN6O. The number of rotatable bonds is 8. The van der Waals surface area contributed by atoms with Crippen molar-refractivity contribution in [3.05, 3.63) is 0 Å². The van der Waals surface area contributed by atoms with Gasteiger partial charge >= 0.3 is 0 Å². The molecule has 2 aliphatic heterocycles. The van der Waals surface area contributed by atoms with Crippen LogP contribution in [0.5, 0.6) is 0 Å². The third kappa shape index (κ3) is 9.38. The molecule has 8 heteroatoms. The Labute approximate surface area is 195 Å². The predicted octanol–water partition coefficient (Wildman–Crippen LogP) is 1.83. The van der Waals surface area contributed by atoms with Crippen molar-refractivity contribution in [3.63, 3.8) is 0 Å². The van der Waals surface area contributed by atoms with Gasteiger partial charge in [-0.2, -0.15) is 0 Å². The highest BCUT2D eigenvalue weighted by atomic mass is 127. The number of hydrogen-bond donors (Lipinski definition) is 2. The second kappa shape index (κ2) is 13.6. The molecule has 0 aliphatic carbocycles. The van der Waals surface area contributed by atoms with E-state index in [0.717, 1.165) is 45.2 Å². The minimum absolute atomic E-state index is 0. The molecule has 0 spiro atoms. The molecule has 0 bridgehead atoms. The standard InChI is InChI=1S/C21H42N6O.HI/c1-6-22-21(23-14-19-8-7-9-27(19)15-17(2)3)26-12-10-25(11-13-26)16-20(28)24-18(4)5;/h17-19H,6-16H2,1-5H3,(H,22,23)(H,24,28);1H/t19-;/m1./s1. The molecule has 0 saturated carbocycles. The summed E-state index contributed by atoms with van der Waals surface area (Å²) in [5.41, 5.74) is 0. The van der Waals surface area contributed by atoms with Gasteiger partial charge in [-0.25, -0.2) is 0 Å². The summed E-state index contributed by atoms with van der Waals surface area (Å²) in [7, 11) is 0. The summed E-state index contributed by atoms with van der Waals surface area (Å²) in [4.78, 5) is 24.2. The second-order valence-corrected chi connectivity index (χ2v) is 8.86. The molecule has 2 N–H and O–H groups in total. The quantitative estimate of drug-likeness (QED) is 0.290. The predicted molar refractivity (Wildman–Crippen MR) is 132 cm³/mol. The molecule has 2 saturated heterocycles. The molecule has 2 fully saturated rings. The van der Waals surface area contributed by atoms with Crippen molar-refractivity contribution >= 4 is 35.8 Å². The molecule has 0 unspecified atom stereocenters. The van der Waals surface area contributed by atoms with E-state index in [4.69, 9.17) is 4.99 Å². The monoisotopic (exact) mass is 522 g/mol. The van der Waals surface area contributed by atoms with Gasteiger partial charge < -0.3 is 15.5 Å². The van der Waals surface area contributed by atoms with E-state index >= 15 is 0 Å². The number of aliphatic imine (C=N–C) groups is 1. The molecule has 1 amide bonds. The maximum absolute atomic E-state index is 12.0. The first kappa shape index (κ1) is 26.4. The van der Waals surface area contributed by atoms with Crippen LogP contribution in [0.2, 0.25) is 0 Å². The van der Waals surface area contributed by atoms with Crippen LogP contribution in [0.1, 0.15) is 47.5 Å². The molecule has 7 nitrogen and oxygen atoms in total. The Bertz CT molecular complexity index is 505. The largest absolute Gasteiger partial charge is 0.357 e. The number of carbonyl (C=O) groups is 1. The second-order valence-electron chi connectivity index (χ2n) is 8.86. The lowest BCUT2D eigenvalue weighted by Gasteiger charge is -2.36. The fourth-order valence-corrected chi connectivity index (χ4v) is 4.12. The van der Waals surface area contributed by atoms with Gasteiger partial charge in [0.05, 0.1) is 13.1 Å². The van der Waals surface area contributed by atoms with E-state index in [-0.39, 0.29) is 35.9 Å². The first-order valence-electron chi connectivity index (χ1n) is 11.2. The van der Waals surface area contributed by atoms with E-state index in [9.17, 15) is 4.79 Å². The Balaban J connectivity index is 0.00000420. The molecular weight excluding hydrogens is 479 g/mol. The molecule has 0 aromatic heterocycles. The summed E-state index contributed by atoms with van der Waals surface area (Å²) < 4.78 is 0. The fraction of sp³-hybridized carbons (Fsp3) is 0.905. The molecule has 29 heavy (non-hydrogen) atoms.